The number of ether oxygens (including phenoxy) is 2. The highest BCUT2D eigenvalue weighted by Gasteiger charge is 2.29. The Kier molecular flexibility index (Phi) is 6.08. The number of hydrogen-bond acceptors (Lipinski definition) is 8. The maximum absolute atomic E-state index is 12.7. The van der Waals surface area contributed by atoms with E-state index in [9.17, 15) is 26.7 Å². The number of hydrogen-bond donors (Lipinski definition) is 3. The standard InChI is InChI=1S/C18H17F3N4O5S/c1-22-31(27,28)11-3-4-14(30-8-18(19,20)21)12(7-11)25-17-16-13(23-9-24-17)5-10(26)6-15(16)29-2/h3-7,9,22,26H,8H2,1-2H3,(H,23,24,25). The molecule has 3 N–H and O–H groups in total. The molecule has 0 saturated carbocycles. The van der Waals surface area contributed by atoms with Gasteiger partial charge >= 0.3 is 6.18 Å². The van der Waals surface area contributed by atoms with Gasteiger partial charge in [0.05, 0.1) is 28.6 Å². The first-order valence-electron chi connectivity index (χ1n) is 8.60. The Morgan fingerprint density at radius 1 is 1.13 bits per heavy atom. The predicted molar refractivity (Wildman–Crippen MR) is 105 cm³/mol. The van der Waals surface area contributed by atoms with Gasteiger partial charge in [-0.25, -0.2) is 23.1 Å². The fraction of sp³-hybridized carbons (Fsp3) is 0.222. The lowest BCUT2D eigenvalue weighted by Gasteiger charge is -2.17. The first-order valence-corrected chi connectivity index (χ1v) is 10.1. The molecule has 0 radical (unpaired) electrons. The van der Waals surface area contributed by atoms with Gasteiger partial charge in [0.25, 0.3) is 0 Å². The average molecular weight is 458 g/mol. The number of methoxy groups -OCH3 is 1. The first kappa shape index (κ1) is 22.4. The fourth-order valence-electron chi connectivity index (χ4n) is 2.70. The fourth-order valence-corrected chi connectivity index (χ4v) is 3.46. The second-order valence-electron chi connectivity index (χ2n) is 6.16. The van der Waals surface area contributed by atoms with E-state index in [4.69, 9.17) is 9.47 Å². The number of nitrogens with one attached hydrogen (secondary N) is 2. The Bertz CT molecular complexity index is 1220. The number of alkyl halides is 3. The van der Waals surface area contributed by atoms with Crippen molar-refractivity contribution in [1.29, 1.82) is 0 Å². The number of nitrogens with zero attached hydrogens (tertiary/aromatic N) is 2. The lowest BCUT2D eigenvalue weighted by molar-refractivity contribution is -0.153. The number of fused-ring (bicyclic) bond motifs is 1. The molecule has 0 aliphatic carbocycles. The van der Waals surface area contributed by atoms with Crippen LogP contribution in [0.4, 0.5) is 24.7 Å². The van der Waals surface area contributed by atoms with Crippen LogP contribution in [0.15, 0.2) is 41.6 Å². The molecule has 0 aliphatic heterocycles. The molecular weight excluding hydrogens is 441 g/mol. The number of sulfonamides is 1. The van der Waals surface area contributed by atoms with Gasteiger partial charge in [-0.05, 0) is 25.2 Å². The van der Waals surface area contributed by atoms with E-state index in [0.717, 1.165) is 24.5 Å². The Morgan fingerprint density at radius 3 is 2.52 bits per heavy atom. The monoisotopic (exact) mass is 458 g/mol. The van der Waals surface area contributed by atoms with Crippen LogP contribution in [-0.4, -0.2) is 50.4 Å². The summed E-state index contributed by atoms with van der Waals surface area (Å²) in [7, 11) is -1.34. The first-order chi connectivity index (χ1) is 14.5. The summed E-state index contributed by atoms with van der Waals surface area (Å²) in [6, 6.07) is 5.97. The van der Waals surface area contributed by atoms with Crippen LogP contribution < -0.4 is 19.5 Å². The van der Waals surface area contributed by atoms with Gasteiger partial charge in [-0.1, -0.05) is 0 Å². The summed E-state index contributed by atoms with van der Waals surface area (Å²) >= 11 is 0. The smallest absolute Gasteiger partial charge is 0.422 e. The van der Waals surface area contributed by atoms with Crippen molar-refractivity contribution >= 4 is 32.4 Å². The second-order valence-corrected chi connectivity index (χ2v) is 8.05. The van der Waals surface area contributed by atoms with Crippen molar-refractivity contribution in [3.63, 3.8) is 0 Å². The van der Waals surface area contributed by atoms with Crippen LogP contribution in [0, 0.1) is 0 Å². The molecule has 3 rings (SSSR count). The van der Waals surface area contributed by atoms with Crippen LogP contribution in [0.3, 0.4) is 0 Å². The minimum atomic E-state index is -4.60. The SMILES string of the molecule is CNS(=O)(=O)c1ccc(OCC(F)(F)F)c(Nc2ncnc3cc(O)cc(OC)c23)c1. The molecule has 0 spiro atoms. The molecule has 0 amide bonds. The van der Waals surface area contributed by atoms with Crippen molar-refractivity contribution in [2.75, 3.05) is 26.1 Å². The third-order valence-corrected chi connectivity index (χ3v) is 5.49. The molecule has 0 unspecified atom stereocenters. The normalized spacial score (nSPS) is 12.0. The number of rotatable bonds is 7. The maximum atomic E-state index is 12.7. The molecule has 0 atom stereocenters. The minimum Gasteiger partial charge on any atom is -0.508 e. The Balaban J connectivity index is 2.13. The third-order valence-electron chi connectivity index (χ3n) is 4.08. The van der Waals surface area contributed by atoms with Crippen LogP contribution in [0.25, 0.3) is 10.9 Å². The van der Waals surface area contributed by atoms with Gasteiger partial charge in [-0.3, -0.25) is 0 Å². The minimum absolute atomic E-state index is 0.0873. The van der Waals surface area contributed by atoms with E-state index in [2.05, 4.69) is 20.0 Å². The highest BCUT2D eigenvalue weighted by molar-refractivity contribution is 7.89. The molecule has 0 bridgehead atoms. The van der Waals surface area contributed by atoms with Gasteiger partial charge in [0.2, 0.25) is 10.0 Å². The molecule has 3 aromatic rings. The van der Waals surface area contributed by atoms with Crippen molar-refractivity contribution in [2.45, 2.75) is 11.1 Å². The summed E-state index contributed by atoms with van der Waals surface area (Å²) in [5, 5.41) is 12.9. The van der Waals surface area contributed by atoms with E-state index < -0.39 is 22.8 Å². The number of aromatic hydroxyl groups is 1. The molecule has 1 aromatic heterocycles. The molecule has 13 heteroatoms. The quantitative estimate of drug-likeness (QED) is 0.494. The second kappa shape index (κ2) is 8.43. The zero-order valence-corrected chi connectivity index (χ0v) is 17.0. The maximum Gasteiger partial charge on any atom is 0.422 e. The van der Waals surface area contributed by atoms with Gasteiger partial charge < -0.3 is 19.9 Å². The van der Waals surface area contributed by atoms with Crippen LogP contribution in [0.5, 0.6) is 17.2 Å². The van der Waals surface area contributed by atoms with Crippen molar-refractivity contribution < 1.29 is 36.2 Å². The van der Waals surface area contributed by atoms with E-state index in [-0.39, 0.29) is 39.2 Å². The Morgan fingerprint density at radius 2 is 1.87 bits per heavy atom. The molecule has 2 aromatic carbocycles. The number of phenols is 1. The van der Waals surface area contributed by atoms with Crippen LogP contribution in [0.1, 0.15) is 0 Å². The Labute approximate surface area is 174 Å². The molecule has 31 heavy (non-hydrogen) atoms. The zero-order valence-electron chi connectivity index (χ0n) is 16.2. The molecule has 166 valence electrons. The molecule has 0 fully saturated rings. The van der Waals surface area contributed by atoms with Gasteiger partial charge in [0.1, 0.15) is 29.4 Å². The van der Waals surface area contributed by atoms with Gasteiger partial charge in [0, 0.05) is 12.1 Å². The summed E-state index contributed by atoms with van der Waals surface area (Å²) < 4.78 is 74.5. The van der Waals surface area contributed by atoms with Crippen molar-refractivity contribution in [1.82, 2.24) is 14.7 Å². The topological polar surface area (TPSA) is 123 Å². The third kappa shape index (κ3) is 5.06. The molecule has 1 heterocycles. The Hall–Kier alpha value is -3.32. The number of phenolic OH excluding ortho intramolecular Hbond substituents is 1. The number of benzene rings is 2. The van der Waals surface area contributed by atoms with Crippen LogP contribution >= 0.6 is 0 Å². The highest BCUT2D eigenvalue weighted by atomic mass is 32.2. The van der Waals surface area contributed by atoms with Crippen molar-refractivity contribution in [3.8, 4) is 17.2 Å². The average Bonchev–Trinajstić information content (AvgIpc) is 2.71. The van der Waals surface area contributed by atoms with Gasteiger partial charge in [-0.2, -0.15) is 13.2 Å². The van der Waals surface area contributed by atoms with Crippen molar-refractivity contribution in [3.05, 3.63) is 36.7 Å². The summed E-state index contributed by atoms with van der Waals surface area (Å²) in [6.45, 7) is -1.58. The van der Waals surface area contributed by atoms with E-state index in [1.54, 1.807) is 0 Å². The molecule has 0 saturated heterocycles. The number of anilines is 2. The highest BCUT2D eigenvalue weighted by Crippen LogP contribution is 2.37. The molecule has 0 aliphatic rings. The van der Waals surface area contributed by atoms with Crippen LogP contribution in [-0.2, 0) is 10.0 Å². The largest absolute Gasteiger partial charge is 0.508 e. The van der Waals surface area contributed by atoms with E-state index in [1.807, 2.05) is 0 Å². The molecular formula is C18H17F3N4O5S. The summed E-state index contributed by atoms with van der Waals surface area (Å²) in [4.78, 5) is 7.90. The van der Waals surface area contributed by atoms with E-state index in [1.165, 1.54) is 26.3 Å². The van der Waals surface area contributed by atoms with E-state index >= 15 is 0 Å². The van der Waals surface area contributed by atoms with Crippen LogP contribution in [0.2, 0.25) is 0 Å². The number of halogens is 3. The molecule has 9 nitrogen and oxygen atoms in total. The lowest BCUT2D eigenvalue weighted by Crippen LogP contribution is -2.20. The van der Waals surface area contributed by atoms with Crippen molar-refractivity contribution in [2.24, 2.45) is 0 Å². The van der Waals surface area contributed by atoms with Gasteiger partial charge in [0.15, 0.2) is 6.61 Å². The predicted octanol–water partition coefficient (Wildman–Crippen LogP) is 2.94. The zero-order chi connectivity index (χ0) is 22.8. The summed E-state index contributed by atoms with van der Waals surface area (Å²) in [6.07, 6.45) is -3.44. The van der Waals surface area contributed by atoms with E-state index in [0.29, 0.717) is 5.39 Å². The summed E-state index contributed by atoms with van der Waals surface area (Å²) in [5.74, 6) is -0.0882. The van der Waals surface area contributed by atoms with Gasteiger partial charge in [-0.15, -0.1) is 0 Å². The summed E-state index contributed by atoms with van der Waals surface area (Å²) in [5.41, 5.74) is 0.196. The lowest BCUT2D eigenvalue weighted by atomic mass is 10.2. The number of aromatic nitrogens is 2.